The highest BCUT2D eigenvalue weighted by Crippen LogP contribution is 2.18. The lowest BCUT2D eigenvalue weighted by Gasteiger charge is -2.18. The van der Waals surface area contributed by atoms with Crippen molar-refractivity contribution in [3.63, 3.8) is 0 Å². The average Bonchev–Trinajstić information content (AvgIpc) is 3.26. The first kappa shape index (κ1) is 60.4. The van der Waals surface area contributed by atoms with Gasteiger partial charge in [-0.3, -0.25) is 14.4 Å². The number of carbonyl (C=O) groups excluding carboxylic acids is 3. The van der Waals surface area contributed by atoms with Crippen LogP contribution in [0.2, 0.25) is 0 Å². The van der Waals surface area contributed by atoms with E-state index in [4.69, 9.17) is 14.2 Å². The SMILES string of the molecule is CCCCCCCCCCCCCCCCCCC(=O)OC[C@H](COC(=O)CCCCCCCCCCCCC(C)CC)OC(=O)CCCCCCCCCCCCCC(C)C. The molecule has 0 aliphatic carbocycles. The Morgan fingerprint density at radius 2 is 0.613 bits per heavy atom. The molecule has 0 saturated carbocycles. The van der Waals surface area contributed by atoms with Crippen LogP contribution in [0.25, 0.3) is 0 Å². The van der Waals surface area contributed by atoms with Crippen LogP contribution in [0.5, 0.6) is 0 Å². The van der Waals surface area contributed by atoms with Crippen LogP contribution in [-0.2, 0) is 28.6 Å². The van der Waals surface area contributed by atoms with Crippen molar-refractivity contribution in [2.75, 3.05) is 13.2 Å². The maximum atomic E-state index is 12.8. The molecular formula is C56H108O6. The lowest BCUT2D eigenvalue weighted by molar-refractivity contribution is -0.167. The van der Waals surface area contributed by atoms with Crippen molar-refractivity contribution < 1.29 is 28.6 Å². The average molecular weight is 877 g/mol. The zero-order valence-electron chi connectivity index (χ0n) is 42.5. The first-order valence-electron chi connectivity index (χ1n) is 27.8. The normalized spacial score (nSPS) is 12.5. The van der Waals surface area contributed by atoms with Gasteiger partial charge >= 0.3 is 17.9 Å². The molecule has 0 aliphatic rings. The van der Waals surface area contributed by atoms with Crippen LogP contribution in [-0.4, -0.2) is 37.2 Å². The number of hydrogen-bond acceptors (Lipinski definition) is 6. The minimum Gasteiger partial charge on any atom is -0.462 e. The summed E-state index contributed by atoms with van der Waals surface area (Å²) in [6, 6.07) is 0. The van der Waals surface area contributed by atoms with Gasteiger partial charge in [0, 0.05) is 19.3 Å². The van der Waals surface area contributed by atoms with Gasteiger partial charge in [-0.2, -0.15) is 0 Å². The summed E-state index contributed by atoms with van der Waals surface area (Å²) >= 11 is 0. The van der Waals surface area contributed by atoms with Crippen molar-refractivity contribution in [3.05, 3.63) is 0 Å². The molecule has 0 N–H and O–H groups in total. The lowest BCUT2D eigenvalue weighted by atomic mass is 9.99. The third-order valence-electron chi connectivity index (χ3n) is 13.1. The number of esters is 3. The van der Waals surface area contributed by atoms with Gasteiger partial charge in [0.1, 0.15) is 13.2 Å². The molecule has 62 heavy (non-hydrogen) atoms. The molecule has 0 fully saturated rings. The highest BCUT2D eigenvalue weighted by atomic mass is 16.6. The summed E-state index contributed by atoms with van der Waals surface area (Å²) in [4.78, 5) is 38.1. The number of hydrogen-bond donors (Lipinski definition) is 0. The second-order valence-corrected chi connectivity index (χ2v) is 19.9. The predicted molar refractivity (Wildman–Crippen MR) is 266 cm³/mol. The fraction of sp³-hybridized carbons (Fsp3) is 0.946. The number of carbonyl (C=O) groups is 3. The van der Waals surface area contributed by atoms with Crippen molar-refractivity contribution in [2.24, 2.45) is 11.8 Å². The molecule has 368 valence electrons. The quantitative estimate of drug-likeness (QED) is 0.0344. The summed E-state index contributed by atoms with van der Waals surface area (Å²) in [6.45, 7) is 11.4. The highest BCUT2D eigenvalue weighted by Gasteiger charge is 2.19. The Morgan fingerprint density at radius 1 is 0.339 bits per heavy atom. The Morgan fingerprint density at radius 3 is 0.919 bits per heavy atom. The molecule has 0 rings (SSSR count). The van der Waals surface area contributed by atoms with Gasteiger partial charge in [0.15, 0.2) is 6.10 Å². The van der Waals surface area contributed by atoms with E-state index in [-0.39, 0.29) is 31.1 Å². The van der Waals surface area contributed by atoms with Crippen LogP contribution in [0, 0.1) is 11.8 Å². The van der Waals surface area contributed by atoms with Gasteiger partial charge in [0.25, 0.3) is 0 Å². The molecule has 6 heteroatoms. The van der Waals surface area contributed by atoms with E-state index in [1.807, 2.05) is 0 Å². The summed E-state index contributed by atoms with van der Waals surface area (Å²) in [7, 11) is 0. The Balaban J connectivity index is 4.31. The van der Waals surface area contributed by atoms with E-state index in [2.05, 4.69) is 34.6 Å². The van der Waals surface area contributed by atoms with Crippen molar-refractivity contribution in [3.8, 4) is 0 Å². The predicted octanol–water partition coefficient (Wildman–Crippen LogP) is 18.1. The molecule has 0 heterocycles. The van der Waals surface area contributed by atoms with E-state index in [9.17, 15) is 14.4 Å². The molecule has 0 spiro atoms. The van der Waals surface area contributed by atoms with E-state index < -0.39 is 6.10 Å². The largest absolute Gasteiger partial charge is 0.462 e. The van der Waals surface area contributed by atoms with Crippen molar-refractivity contribution in [1.29, 1.82) is 0 Å². The second kappa shape index (κ2) is 48.9. The first-order valence-corrected chi connectivity index (χ1v) is 27.8. The van der Waals surface area contributed by atoms with Crippen LogP contribution in [0.4, 0.5) is 0 Å². The Hall–Kier alpha value is -1.59. The lowest BCUT2D eigenvalue weighted by Crippen LogP contribution is -2.30. The summed E-state index contributed by atoms with van der Waals surface area (Å²) in [5, 5.41) is 0. The second-order valence-electron chi connectivity index (χ2n) is 19.9. The van der Waals surface area contributed by atoms with Gasteiger partial charge in [0.05, 0.1) is 0 Å². The Labute approximate surface area is 387 Å². The molecule has 1 unspecified atom stereocenters. The zero-order valence-corrected chi connectivity index (χ0v) is 42.5. The molecule has 0 saturated heterocycles. The van der Waals surface area contributed by atoms with Crippen molar-refractivity contribution >= 4 is 17.9 Å². The fourth-order valence-electron chi connectivity index (χ4n) is 8.49. The Bertz CT molecular complexity index is 949. The molecule has 0 bridgehead atoms. The highest BCUT2D eigenvalue weighted by molar-refractivity contribution is 5.71. The van der Waals surface area contributed by atoms with E-state index in [0.29, 0.717) is 19.3 Å². The molecule has 0 aromatic rings. The maximum Gasteiger partial charge on any atom is 0.306 e. The van der Waals surface area contributed by atoms with E-state index >= 15 is 0 Å². The summed E-state index contributed by atoms with van der Waals surface area (Å²) in [5.74, 6) is 0.851. The molecule has 0 aliphatic heterocycles. The van der Waals surface area contributed by atoms with Gasteiger partial charge < -0.3 is 14.2 Å². The molecular weight excluding hydrogens is 769 g/mol. The Kier molecular flexibility index (Phi) is 47.6. The third kappa shape index (κ3) is 47.9. The summed E-state index contributed by atoms with van der Waals surface area (Å²) in [6.07, 6.45) is 50.8. The maximum absolute atomic E-state index is 12.8. The number of ether oxygens (including phenoxy) is 3. The molecule has 0 amide bonds. The number of rotatable bonds is 50. The molecule has 0 radical (unpaired) electrons. The van der Waals surface area contributed by atoms with Gasteiger partial charge in [-0.25, -0.2) is 0 Å². The molecule has 0 aromatic carbocycles. The van der Waals surface area contributed by atoms with Crippen molar-refractivity contribution in [1.82, 2.24) is 0 Å². The standard InChI is InChI=1S/C56H108O6/c1-6-8-9-10-11-12-13-14-15-16-17-20-26-31-36-41-46-54(57)60-49-53(62-56(59)48-43-38-33-28-21-18-19-24-29-34-39-44-51(3)4)50-61-55(58)47-42-37-32-27-23-22-25-30-35-40-45-52(5)7-2/h51-53H,6-50H2,1-5H3/t52?,53-/m1/s1. The van der Waals surface area contributed by atoms with E-state index in [0.717, 1.165) is 69.6 Å². The smallest absolute Gasteiger partial charge is 0.306 e. The van der Waals surface area contributed by atoms with Gasteiger partial charge in [-0.1, -0.05) is 272 Å². The fourth-order valence-corrected chi connectivity index (χ4v) is 8.49. The van der Waals surface area contributed by atoms with Crippen LogP contribution in [0.1, 0.15) is 311 Å². The summed E-state index contributed by atoms with van der Waals surface area (Å²) < 4.78 is 16.9. The molecule has 6 nitrogen and oxygen atoms in total. The monoisotopic (exact) mass is 877 g/mol. The van der Waals surface area contributed by atoms with Gasteiger partial charge in [-0.05, 0) is 31.1 Å². The topological polar surface area (TPSA) is 78.9 Å². The van der Waals surface area contributed by atoms with Crippen LogP contribution in [0.3, 0.4) is 0 Å². The first-order chi connectivity index (χ1) is 30.3. The van der Waals surface area contributed by atoms with Crippen LogP contribution in [0.15, 0.2) is 0 Å². The zero-order chi connectivity index (χ0) is 45.4. The van der Waals surface area contributed by atoms with Gasteiger partial charge in [-0.15, -0.1) is 0 Å². The number of unbranched alkanes of at least 4 members (excludes halogenated alkanes) is 34. The van der Waals surface area contributed by atoms with Crippen molar-refractivity contribution in [2.45, 2.75) is 317 Å². The summed E-state index contributed by atoms with van der Waals surface area (Å²) in [5.41, 5.74) is 0. The van der Waals surface area contributed by atoms with E-state index in [1.165, 1.54) is 199 Å². The minimum atomic E-state index is -0.762. The van der Waals surface area contributed by atoms with Gasteiger partial charge in [0.2, 0.25) is 0 Å². The molecule has 2 atom stereocenters. The third-order valence-corrected chi connectivity index (χ3v) is 13.1. The van der Waals surface area contributed by atoms with Crippen LogP contribution >= 0.6 is 0 Å². The van der Waals surface area contributed by atoms with Crippen LogP contribution < -0.4 is 0 Å². The minimum absolute atomic E-state index is 0.0632. The van der Waals surface area contributed by atoms with E-state index in [1.54, 1.807) is 0 Å². The molecule has 0 aromatic heterocycles.